The zero-order valence-corrected chi connectivity index (χ0v) is 13.5. The molecule has 7 nitrogen and oxygen atoms in total. The maximum absolute atomic E-state index is 12.4. The average molecular weight is 335 g/mol. The van der Waals surface area contributed by atoms with Crippen molar-refractivity contribution in [3.8, 4) is 0 Å². The molecule has 3 aromatic rings. The predicted molar refractivity (Wildman–Crippen MR) is 90.5 cm³/mol. The molecule has 0 bridgehead atoms. The van der Waals surface area contributed by atoms with E-state index in [0.29, 0.717) is 22.2 Å². The van der Waals surface area contributed by atoms with Crippen molar-refractivity contribution in [1.29, 1.82) is 0 Å². The number of benzene rings is 2. The van der Waals surface area contributed by atoms with Crippen LogP contribution in [-0.4, -0.2) is 36.3 Å². The summed E-state index contributed by atoms with van der Waals surface area (Å²) >= 11 is 0. The highest BCUT2D eigenvalue weighted by Gasteiger charge is 2.36. The molecule has 0 saturated heterocycles. The van der Waals surface area contributed by atoms with E-state index in [1.54, 1.807) is 24.3 Å². The number of ether oxygens (including phenoxy) is 1. The number of hydrogen-bond acceptors (Lipinski definition) is 7. The molecule has 7 heteroatoms. The molecule has 0 spiro atoms. The standard InChI is InChI=1S/C18H13N3O4/c1-21(2)14-6-4-3-5-11(14)16-15(17(22)24-18(16)23)10-7-8-12-13(9-10)20-25-19-12/h3-9H,1-2H3. The van der Waals surface area contributed by atoms with Crippen LogP contribution in [0.4, 0.5) is 5.69 Å². The lowest BCUT2D eigenvalue weighted by Crippen LogP contribution is -2.12. The quantitative estimate of drug-likeness (QED) is 0.536. The van der Waals surface area contributed by atoms with E-state index in [1.807, 2.05) is 37.2 Å². The fraction of sp³-hybridized carbons (Fsp3) is 0.111. The summed E-state index contributed by atoms with van der Waals surface area (Å²) in [6.45, 7) is 0. The molecule has 25 heavy (non-hydrogen) atoms. The predicted octanol–water partition coefficient (Wildman–Crippen LogP) is 2.28. The van der Waals surface area contributed by atoms with Crippen LogP contribution in [-0.2, 0) is 14.3 Å². The Balaban J connectivity index is 1.99. The first-order valence-corrected chi connectivity index (χ1v) is 7.56. The molecule has 0 atom stereocenters. The molecule has 0 unspecified atom stereocenters. The van der Waals surface area contributed by atoms with E-state index in [4.69, 9.17) is 4.74 Å². The number of fused-ring (bicyclic) bond motifs is 1. The molecule has 0 fully saturated rings. The Morgan fingerprint density at radius 3 is 2.40 bits per heavy atom. The second kappa shape index (κ2) is 5.55. The van der Waals surface area contributed by atoms with Crippen LogP contribution < -0.4 is 4.90 Å². The van der Waals surface area contributed by atoms with Crippen molar-refractivity contribution in [2.24, 2.45) is 0 Å². The van der Waals surface area contributed by atoms with Gasteiger partial charge in [0.2, 0.25) is 0 Å². The molecule has 1 aromatic heterocycles. The number of esters is 2. The zero-order chi connectivity index (χ0) is 17.6. The molecule has 0 amide bonds. The molecule has 0 aliphatic carbocycles. The van der Waals surface area contributed by atoms with E-state index in [0.717, 1.165) is 5.69 Å². The lowest BCUT2D eigenvalue weighted by molar-refractivity contribution is -0.149. The van der Waals surface area contributed by atoms with Crippen molar-refractivity contribution in [2.75, 3.05) is 19.0 Å². The molecule has 0 saturated carbocycles. The number of rotatable bonds is 3. The zero-order valence-electron chi connectivity index (χ0n) is 13.5. The largest absolute Gasteiger partial charge is 0.386 e. The van der Waals surface area contributed by atoms with E-state index in [9.17, 15) is 9.59 Å². The molecule has 0 N–H and O–H groups in total. The Kier molecular flexibility index (Phi) is 3.35. The molecule has 124 valence electrons. The van der Waals surface area contributed by atoms with Gasteiger partial charge in [-0.25, -0.2) is 14.2 Å². The lowest BCUT2D eigenvalue weighted by atomic mass is 9.94. The topological polar surface area (TPSA) is 85.5 Å². The number of nitrogens with zero attached hydrogens (tertiary/aromatic N) is 3. The third-order valence-electron chi connectivity index (χ3n) is 4.04. The summed E-state index contributed by atoms with van der Waals surface area (Å²) in [4.78, 5) is 26.6. The number of aromatic nitrogens is 2. The Labute approximate surface area is 142 Å². The van der Waals surface area contributed by atoms with E-state index >= 15 is 0 Å². The van der Waals surface area contributed by atoms with Crippen LogP contribution >= 0.6 is 0 Å². The van der Waals surface area contributed by atoms with Gasteiger partial charge in [-0.15, -0.1) is 0 Å². The van der Waals surface area contributed by atoms with Crippen molar-refractivity contribution in [3.63, 3.8) is 0 Å². The molecular weight excluding hydrogens is 322 g/mol. The number of carbonyl (C=O) groups is 2. The van der Waals surface area contributed by atoms with Gasteiger partial charge in [0.05, 0.1) is 11.1 Å². The molecule has 1 aliphatic rings. The van der Waals surface area contributed by atoms with Crippen molar-refractivity contribution in [3.05, 3.63) is 53.6 Å². The van der Waals surface area contributed by atoms with Gasteiger partial charge in [-0.1, -0.05) is 24.3 Å². The van der Waals surface area contributed by atoms with E-state index in [-0.39, 0.29) is 11.1 Å². The van der Waals surface area contributed by atoms with Crippen LogP contribution in [0.5, 0.6) is 0 Å². The summed E-state index contributed by atoms with van der Waals surface area (Å²) < 4.78 is 9.58. The Bertz CT molecular complexity index is 1050. The van der Waals surface area contributed by atoms with Crippen molar-refractivity contribution in [1.82, 2.24) is 10.3 Å². The van der Waals surface area contributed by atoms with Crippen LogP contribution in [0.15, 0.2) is 47.1 Å². The van der Waals surface area contributed by atoms with E-state index < -0.39 is 11.9 Å². The van der Waals surface area contributed by atoms with E-state index in [1.165, 1.54) is 0 Å². The van der Waals surface area contributed by atoms with Crippen molar-refractivity contribution >= 4 is 39.8 Å². The Morgan fingerprint density at radius 1 is 0.880 bits per heavy atom. The number of carbonyl (C=O) groups excluding carboxylic acids is 2. The Morgan fingerprint density at radius 2 is 1.60 bits per heavy atom. The van der Waals surface area contributed by atoms with Crippen LogP contribution in [0.1, 0.15) is 11.1 Å². The van der Waals surface area contributed by atoms with Gasteiger partial charge in [-0.3, -0.25) is 0 Å². The summed E-state index contributed by atoms with van der Waals surface area (Å²) in [6, 6.07) is 12.4. The highest BCUT2D eigenvalue weighted by atomic mass is 16.6. The third kappa shape index (κ3) is 2.37. The molecule has 2 heterocycles. The maximum Gasteiger partial charge on any atom is 0.347 e. The number of hydrogen-bond donors (Lipinski definition) is 0. The number of cyclic esters (lactones) is 2. The molecule has 0 radical (unpaired) electrons. The highest BCUT2D eigenvalue weighted by Crippen LogP contribution is 2.38. The summed E-state index contributed by atoms with van der Waals surface area (Å²) in [5, 5.41) is 7.53. The van der Waals surface area contributed by atoms with Crippen molar-refractivity contribution < 1.29 is 19.0 Å². The fourth-order valence-electron chi connectivity index (χ4n) is 2.91. The Hall–Kier alpha value is -3.48. The van der Waals surface area contributed by atoms with Gasteiger partial charge in [0.15, 0.2) is 0 Å². The third-order valence-corrected chi connectivity index (χ3v) is 4.04. The molecule has 1 aliphatic heterocycles. The minimum atomic E-state index is -0.677. The second-order valence-electron chi connectivity index (χ2n) is 5.81. The molecule has 4 rings (SSSR count). The number of para-hydroxylation sites is 1. The van der Waals surface area contributed by atoms with Gasteiger partial charge in [-0.2, -0.15) is 0 Å². The molecular formula is C18H13N3O4. The average Bonchev–Trinajstić information content (AvgIpc) is 3.17. The van der Waals surface area contributed by atoms with Gasteiger partial charge in [-0.05, 0) is 34.1 Å². The van der Waals surface area contributed by atoms with E-state index in [2.05, 4.69) is 14.9 Å². The SMILES string of the molecule is CN(C)c1ccccc1C1=C(c2ccc3nonc3c2)C(=O)OC1=O. The number of anilines is 1. The van der Waals surface area contributed by atoms with Gasteiger partial charge in [0, 0.05) is 25.3 Å². The summed E-state index contributed by atoms with van der Waals surface area (Å²) in [5.41, 5.74) is 3.49. The van der Waals surface area contributed by atoms with Crippen LogP contribution in [0, 0.1) is 0 Å². The van der Waals surface area contributed by atoms with Gasteiger partial charge in [0.1, 0.15) is 11.0 Å². The first-order valence-electron chi connectivity index (χ1n) is 7.56. The van der Waals surface area contributed by atoms with Crippen LogP contribution in [0.2, 0.25) is 0 Å². The minimum absolute atomic E-state index is 0.212. The first-order chi connectivity index (χ1) is 12.1. The summed E-state index contributed by atoms with van der Waals surface area (Å²) in [7, 11) is 3.74. The van der Waals surface area contributed by atoms with Gasteiger partial charge < -0.3 is 9.64 Å². The van der Waals surface area contributed by atoms with Gasteiger partial charge >= 0.3 is 11.9 Å². The normalized spacial score (nSPS) is 14.3. The van der Waals surface area contributed by atoms with Gasteiger partial charge in [0.25, 0.3) is 0 Å². The first kappa shape index (κ1) is 15.1. The van der Waals surface area contributed by atoms with Crippen LogP contribution in [0.3, 0.4) is 0 Å². The summed E-state index contributed by atoms with van der Waals surface area (Å²) in [6.07, 6.45) is 0. The second-order valence-corrected chi connectivity index (χ2v) is 5.81. The monoisotopic (exact) mass is 335 g/mol. The lowest BCUT2D eigenvalue weighted by Gasteiger charge is -2.17. The highest BCUT2D eigenvalue weighted by molar-refractivity contribution is 6.45. The van der Waals surface area contributed by atoms with Crippen molar-refractivity contribution in [2.45, 2.75) is 0 Å². The maximum atomic E-state index is 12.4. The minimum Gasteiger partial charge on any atom is -0.386 e. The fourth-order valence-corrected chi connectivity index (χ4v) is 2.91. The van der Waals surface area contributed by atoms with Crippen LogP contribution in [0.25, 0.3) is 22.2 Å². The smallest absolute Gasteiger partial charge is 0.347 e. The summed E-state index contributed by atoms with van der Waals surface area (Å²) in [5.74, 6) is -1.34. The molecule has 2 aromatic carbocycles.